The zero-order valence-corrected chi connectivity index (χ0v) is 20.9. The zero-order chi connectivity index (χ0) is 26.1. The number of benzene rings is 3. The summed E-state index contributed by atoms with van der Waals surface area (Å²) in [4.78, 5) is 39.9. The number of halogens is 2. The van der Waals surface area contributed by atoms with Crippen LogP contribution in [0.1, 0.15) is 16.1 Å². The zero-order valence-electron chi connectivity index (χ0n) is 19.3. The van der Waals surface area contributed by atoms with E-state index in [0.29, 0.717) is 33.7 Å². The van der Waals surface area contributed by atoms with Crippen LogP contribution in [-0.4, -0.2) is 26.5 Å². The second-order valence-corrected chi connectivity index (χ2v) is 9.19. The lowest BCUT2D eigenvalue weighted by Gasteiger charge is -2.12. The van der Waals surface area contributed by atoms with Crippen molar-refractivity contribution in [2.75, 3.05) is 10.6 Å². The van der Waals surface area contributed by atoms with Crippen LogP contribution in [0.2, 0.25) is 0 Å². The Morgan fingerprint density at radius 1 is 1.05 bits per heavy atom. The number of amides is 2. The lowest BCUT2D eigenvalue weighted by Crippen LogP contribution is -2.17. The Labute approximate surface area is 217 Å². The third-order valence-electron chi connectivity index (χ3n) is 5.77. The van der Waals surface area contributed by atoms with Crippen molar-refractivity contribution >= 4 is 50.0 Å². The summed E-state index contributed by atoms with van der Waals surface area (Å²) in [7, 11) is 1.73. The van der Waals surface area contributed by atoms with Crippen molar-refractivity contribution in [3.8, 4) is 11.4 Å². The molecule has 0 atom stereocenters. The average molecular weight is 564 g/mol. The Bertz CT molecular complexity index is 1700. The summed E-state index contributed by atoms with van der Waals surface area (Å²) < 4.78 is 20.2. The molecule has 0 fully saturated rings. The van der Waals surface area contributed by atoms with Crippen molar-refractivity contribution in [1.29, 1.82) is 0 Å². The molecule has 3 aromatic carbocycles. The van der Waals surface area contributed by atoms with Crippen LogP contribution < -0.4 is 16.4 Å². The second kappa shape index (κ2) is 9.86. The molecular formula is C26H19BrFN5O4. The lowest BCUT2D eigenvalue weighted by molar-refractivity contribution is -0.115. The van der Waals surface area contributed by atoms with Crippen molar-refractivity contribution in [2.45, 2.75) is 6.42 Å². The van der Waals surface area contributed by atoms with Gasteiger partial charge in [-0.15, -0.1) is 0 Å². The van der Waals surface area contributed by atoms with Crippen LogP contribution >= 0.6 is 15.9 Å². The second-order valence-electron chi connectivity index (χ2n) is 8.27. The average Bonchev–Trinajstić information content (AvgIpc) is 3.45. The van der Waals surface area contributed by atoms with Crippen LogP contribution in [0, 0.1) is 5.82 Å². The maximum absolute atomic E-state index is 13.3. The minimum absolute atomic E-state index is 0.0743. The maximum atomic E-state index is 13.3. The van der Waals surface area contributed by atoms with Crippen molar-refractivity contribution in [2.24, 2.45) is 7.05 Å². The van der Waals surface area contributed by atoms with Crippen LogP contribution in [-0.2, 0) is 18.3 Å². The normalized spacial score (nSPS) is 11.0. The van der Waals surface area contributed by atoms with Crippen LogP contribution in [0.4, 0.5) is 15.8 Å². The first-order chi connectivity index (χ1) is 17.8. The molecule has 0 unspecified atom stereocenters. The van der Waals surface area contributed by atoms with Gasteiger partial charge in [0, 0.05) is 22.5 Å². The summed E-state index contributed by atoms with van der Waals surface area (Å²) in [5, 5.41) is 10.2. The minimum atomic E-state index is -0.713. The molecule has 186 valence electrons. The van der Waals surface area contributed by atoms with Crippen LogP contribution in [0.15, 0.2) is 80.5 Å². The third-order valence-corrected chi connectivity index (χ3v) is 6.26. The molecule has 0 saturated carbocycles. The number of carbonyl (C=O) groups is 2. The van der Waals surface area contributed by atoms with E-state index in [4.69, 9.17) is 0 Å². The highest BCUT2D eigenvalue weighted by Crippen LogP contribution is 2.30. The van der Waals surface area contributed by atoms with E-state index < -0.39 is 11.7 Å². The first kappa shape index (κ1) is 24.2. The highest BCUT2D eigenvalue weighted by Gasteiger charge is 2.19. The molecule has 2 heterocycles. The maximum Gasteiger partial charge on any atom is 0.439 e. The number of aromatic amines is 1. The minimum Gasteiger partial charge on any atom is -0.338 e. The molecule has 0 aliphatic rings. The number of aromatic nitrogens is 3. The van der Waals surface area contributed by atoms with E-state index >= 15 is 0 Å². The van der Waals surface area contributed by atoms with Gasteiger partial charge in [0.05, 0.1) is 23.3 Å². The third kappa shape index (κ3) is 5.07. The lowest BCUT2D eigenvalue weighted by atomic mass is 10.1. The largest absolute Gasteiger partial charge is 0.439 e. The molecule has 11 heteroatoms. The fourth-order valence-corrected chi connectivity index (χ4v) is 4.43. The first-order valence-electron chi connectivity index (χ1n) is 11.1. The SMILES string of the molecule is Cn1c(C(=O)Nc2ccc(Br)cc2-c2noc(=O)[nH]2)cc2cccc(NC(=O)Cc3ccc(F)cc3)c21. The van der Waals surface area contributed by atoms with Gasteiger partial charge in [-0.1, -0.05) is 45.4 Å². The fraction of sp³-hybridized carbons (Fsp3) is 0.0769. The van der Waals surface area contributed by atoms with Gasteiger partial charge >= 0.3 is 5.76 Å². The van der Waals surface area contributed by atoms with Gasteiger partial charge in [-0.3, -0.25) is 19.1 Å². The smallest absolute Gasteiger partial charge is 0.338 e. The van der Waals surface area contributed by atoms with Gasteiger partial charge in [0.15, 0.2) is 5.82 Å². The van der Waals surface area contributed by atoms with Crippen molar-refractivity contribution in [1.82, 2.24) is 14.7 Å². The molecule has 0 spiro atoms. The van der Waals surface area contributed by atoms with E-state index in [1.807, 2.05) is 6.07 Å². The van der Waals surface area contributed by atoms with E-state index in [-0.39, 0.29) is 24.0 Å². The summed E-state index contributed by atoms with van der Waals surface area (Å²) >= 11 is 3.38. The van der Waals surface area contributed by atoms with Crippen molar-refractivity contribution < 1.29 is 18.5 Å². The van der Waals surface area contributed by atoms with Crippen molar-refractivity contribution in [3.05, 3.63) is 98.8 Å². The summed E-state index contributed by atoms with van der Waals surface area (Å²) in [6.45, 7) is 0. The number of carbonyl (C=O) groups excluding carboxylic acids is 2. The molecule has 9 nitrogen and oxygen atoms in total. The molecular weight excluding hydrogens is 545 g/mol. The first-order valence-corrected chi connectivity index (χ1v) is 11.9. The molecule has 5 aromatic rings. The number of aryl methyl sites for hydroxylation is 1. The van der Waals surface area contributed by atoms with E-state index in [2.05, 4.69) is 41.2 Å². The van der Waals surface area contributed by atoms with E-state index in [0.717, 1.165) is 9.86 Å². The Morgan fingerprint density at radius 3 is 2.57 bits per heavy atom. The number of nitrogens with one attached hydrogen (secondary N) is 3. The van der Waals surface area contributed by atoms with Crippen molar-refractivity contribution in [3.63, 3.8) is 0 Å². The van der Waals surface area contributed by atoms with Gasteiger partial charge in [-0.2, -0.15) is 0 Å². The Balaban J connectivity index is 1.42. The van der Waals surface area contributed by atoms with Crippen LogP contribution in [0.25, 0.3) is 22.3 Å². The van der Waals surface area contributed by atoms with Gasteiger partial charge in [-0.05, 0) is 48.0 Å². The predicted octanol–water partition coefficient (Wildman–Crippen LogP) is 4.86. The number of para-hydroxylation sites is 1. The Morgan fingerprint density at radius 2 is 1.84 bits per heavy atom. The van der Waals surface area contributed by atoms with Gasteiger partial charge in [0.2, 0.25) is 5.91 Å². The fourth-order valence-electron chi connectivity index (χ4n) is 4.07. The number of rotatable bonds is 6. The number of fused-ring (bicyclic) bond motifs is 1. The molecule has 3 N–H and O–H groups in total. The summed E-state index contributed by atoms with van der Waals surface area (Å²) in [5.41, 5.74) is 3.10. The van der Waals surface area contributed by atoms with Crippen LogP contribution in [0.3, 0.4) is 0 Å². The number of anilines is 2. The van der Waals surface area contributed by atoms with Gasteiger partial charge in [0.1, 0.15) is 11.5 Å². The van der Waals surface area contributed by atoms with E-state index in [1.165, 1.54) is 12.1 Å². The summed E-state index contributed by atoms with van der Waals surface area (Å²) in [6, 6.07) is 17.9. The molecule has 2 amide bonds. The molecule has 0 aliphatic carbocycles. The van der Waals surface area contributed by atoms with Crippen LogP contribution in [0.5, 0.6) is 0 Å². The quantitative estimate of drug-likeness (QED) is 0.272. The topological polar surface area (TPSA) is 122 Å². The monoisotopic (exact) mass is 563 g/mol. The number of H-pyrrole nitrogens is 1. The molecule has 37 heavy (non-hydrogen) atoms. The van der Waals surface area contributed by atoms with Gasteiger partial charge < -0.3 is 15.2 Å². The Hall–Kier alpha value is -4.51. The number of hydrogen-bond acceptors (Lipinski definition) is 5. The molecule has 0 saturated heterocycles. The highest BCUT2D eigenvalue weighted by atomic mass is 79.9. The molecule has 0 aliphatic heterocycles. The summed E-state index contributed by atoms with van der Waals surface area (Å²) in [5.74, 6) is -1.59. The number of hydrogen-bond donors (Lipinski definition) is 3. The summed E-state index contributed by atoms with van der Waals surface area (Å²) in [6.07, 6.45) is 0.0743. The predicted molar refractivity (Wildman–Crippen MR) is 140 cm³/mol. The molecule has 0 bridgehead atoms. The van der Waals surface area contributed by atoms with Gasteiger partial charge in [0.25, 0.3) is 5.91 Å². The Kier molecular flexibility index (Phi) is 6.45. The molecule has 2 aromatic heterocycles. The van der Waals surface area contributed by atoms with E-state index in [9.17, 15) is 18.8 Å². The van der Waals surface area contributed by atoms with E-state index in [1.54, 1.807) is 60.1 Å². The standard InChI is InChI=1S/C26H19BrFN5O4/c1-33-21(25(35)30-19-10-7-16(27)13-18(19)24-31-26(36)37-32-24)12-15-3-2-4-20(23(15)33)29-22(34)11-14-5-8-17(28)9-6-14/h2-10,12-13H,11H2,1H3,(H,29,34)(H,30,35)(H,31,32,36). The number of nitrogens with zero attached hydrogens (tertiary/aromatic N) is 2. The van der Waals surface area contributed by atoms with Gasteiger partial charge in [-0.25, -0.2) is 9.18 Å². The highest BCUT2D eigenvalue weighted by molar-refractivity contribution is 9.10. The molecule has 0 radical (unpaired) electrons. The molecule has 5 rings (SSSR count).